The molecule has 10 atom stereocenters. The first-order valence-corrected chi connectivity index (χ1v) is 26.1. The van der Waals surface area contributed by atoms with E-state index in [9.17, 15) is 30.3 Å². The maximum Gasteiger partial charge on any atom is 0.243 e. The zero-order valence-electron chi connectivity index (χ0n) is 38.7. The first kappa shape index (κ1) is 49.6. The number of hydrogen-bond donors (Lipinski definition) is 8. The molecule has 352 valence electrons. The molecule has 12 heteroatoms. The summed E-state index contributed by atoms with van der Waals surface area (Å²) in [5.41, 5.74) is 13.7. The van der Waals surface area contributed by atoms with Gasteiger partial charge in [0.15, 0.2) is 5.78 Å². The van der Waals surface area contributed by atoms with Gasteiger partial charge in [0.1, 0.15) is 12.2 Å². The summed E-state index contributed by atoms with van der Waals surface area (Å²) in [5, 5.41) is 65.8. The number of Topliss-reactive ketones (excluding diaryl/α,β-unsaturated/α-hetero) is 1. The summed E-state index contributed by atoms with van der Waals surface area (Å²) in [4.78, 5) is 29.0. The van der Waals surface area contributed by atoms with E-state index in [1.807, 2.05) is 56.3 Å². The van der Waals surface area contributed by atoms with Crippen LogP contribution in [-0.2, 0) is 28.2 Å². The van der Waals surface area contributed by atoms with E-state index in [2.05, 4.69) is 49.3 Å². The average molecular weight is 926 g/mol. The molecule has 0 aromatic heterocycles. The molecular weight excluding hydrogens is 855 g/mol. The number of nitrogens with one attached hydrogen (secondary N) is 2. The quantitative estimate of drug-likeness (QED) is 0.0775. The Balaban J connectivity index is 1.32. The Labute approximate surface area is 393 Å². The minimum absolute atomic E-state index is 0.00665. The van der Waals surface area contributed by atoms with Crippen molar-refractivity contribution in [2.24, 2.45) is 23.0 Å². The van der Waals surface area contributed by atoms with E-state index >= 15 is 4.79 Å². The molecule has 10 nitrogen and oxygen atoms in total. The van der Waals surface area contributed by atoms with E-state index in [0.29, 0.717) is 73.8 Å². The summed E-state index contributed by atoms with van der Waals surface area (Å²) in [5.74, 6) is 0.00318. The lowest BCUT2D eigenvalue weighted by Gasteiger charge is -2.56. The Kier molecular flexibility index (Phi) is 16.3. The molecule has 1 amide bonds. The fourth-order valence-electron chi connectivity index (χ4n) is 11.7. The number of carbonyl (C=O) groups is 2. The number of allylic oxidation sites excluding steroid dienone is 8. The number of carbonyl (C=O) groups excluding carboxylic acids is 2. The van der Waals surface area contributed by atoms with Gasteiger partial charge in [0, 0.05) is 35.8 Å². The van der Waals surface area contributed by atoms with Crippen LogP contribution in [-0.4, -0.2) is 80.0 Å². The normalized spacial score (nSPS) is 33.8. The summed E-state index contributed by atoms with van der Waals surface area (Å²) in [6, 6.07) is 11.4. The van der Waals surface area contributed by atoms with Gasteiger partial charge in [-0.2, -0.15) is 0 Å². The second kappa shape index (κ2) is 21.3. The maximum absolute atomic E-state index is 15.1. The summed E-state index contributed by atoms with van der Waals surface area (Å²) in [7, 11) is 3.42. The molecule has 2 aromatic rings. The molecule has 0 saturated heterocycles. The molecular formula is C53H71N3O7S2. The molecule has 3 aliphatic heterocycles. The van der Waals surface area contributed by atoms with Crippen molar-refractivity contribution in [2.45, 2.75) is 146 Å². The highest BCUT2D eigenvalue weighted by atomic mass is 33.1. The average Bonchev–Trinajstić information content (AvgIpc) is 3.60. The first-order valence-electron chi connectivity index (χ1n) is 23.6. The maximum atomic E-state index is 15.1. The van der Waals surface area contributed by atoms with Crippen molar-refractivity contribution in [1.82, 2.24) is 10.6 Å². The Hall–Kier alpha value is -3.30. The van der Waals surface area contributed by atoms with E-state index < -0.39 is 53.4 Å². The molecule has 3 heterocycles. The van der Waals surface area contributed by atoms with Gasteiger partial charge >= 0.3 is 0 Å². The number of nitrogens with two attached hydrogens (primary N) is 1. The van der Waals surface area contributed by atoms with Crippen molar-refractivity contribution in [1.29, 1.82) is 0 Å². The lowest BCUT2D eigenvalue weighted by Crippen LogP contribution is -2.59. The van der Waals surface area contributed by atoms with Gasteiger partial charge in [0.05, 0.1) is 30.5 Å². The number of amides is 1. The molecule has 6 bridgehead atoms. The zero-order valence-corrected chi connectivity index (χ0v) is 40.3. The Morgan fingerprint density at radius 3 is 2.62 bits per heavy atom. The van der Waals surface area contributed by atoms with E-state index in [0.717, 1.165) is 57.6 Å². The minimum Gasteiger partial charge on any atom is -0.393 e. The molecule has 5 aliphatic rings. The first-order chi connectivity index (χ1) is 31.0. The van der Waals surface area contributed by atoms with Gasteiger partial charge in [-0.25, -0.2) is 0 Å². The van der Waals surface area contributed by atoms with Gasteiger partial charge < -0.3 is 36.6 Å². The van der Waals surface area contributed by atoms with Gasteiger partial charge in [-0.05, 0) is 148 Å². The van der Waals surface area contributed by atoms with E-state index in [4.69, 9.17) is 5.73 Å². The molecule has 65 heavy (non-hydrogen) atoms. The van der Waals surface area contributed by atoms with E-state index in [1.165, 1.54) is 5.57 Å². The lowest BCUT2D eigenvalue weighted by atomic mass is 9.52. The van der Waals surface area contributed by atoms with Crippen molar-refractivity contribution in [3.63, 3.8) is 0 Å². The van der Waals surface area contributed by atoms with Crippen molar-refractivity contribution >= 4 is 33.3 Å². The summed E-state index contributed by atoms with van der Waals surface area (Å²) in [6.45, 7) is 11.9. The molecule has 2 fully saturated rings. The SMILES string of the molecule is C=C(/C=C/C=C(/CO)[C@H]1CC[C@@]2([C@@H]3CC[C@@H](O)Cc4cccc(c4)[C@@H]4CSSCc5ccc6c(c5CC(=O)/C(C)=C/3CC[C@@]2(C)O)[C@@H](NC[C@@H](O)C4)C(=O)N[C@H]6N)[C@@H]1O)CCC=C(C)C. The molecule has 1 spiro atoms. The second-order valence-electron chi connectivity index (χ2n) is 19.8. The van der Waals surface area contributed by atoms with Gasteiger partial charge in [-0.3, -0.25) is 14.9 Å². The van der Waals surface area contributed by atoms with Crippen LogP contribution in [0.25, 0.3) is 0 Å². The van der Waals surface area contributed by atoms with Crippen LogP contribution in [0.15, 0.2) is 95.1 Å². The molecule has 9 N–H and O–H groups in total. The van der Waals surface area contributed by atoms with Crippen molar-refractivity contribution in [2.75, 3.05) is 18.9 Å². The fourth-order valence-corrected chi connectivity index (χ4v) is 14.2. The fraction of sp³-hybridized carbons (Fsp3) is 0.547. The highest BCUT2D eigenvalue weighted by Crippen LogP contribution is 2.63. The van der Waals surface area contributed by atoms with Crippen LogP contribution < -0.4 is 16.4 Å². The smallest absolute Gasteiger partial charge is 0.243 e. The van der Waals surface area contributed by atoms with Gasteiger partial charge in [-0.1, -0.05) is 106 Å². The number of aliphatic hydroxyl groups is 5. The topological polar surface area (TPSA) is 185 Å². The summed E-state index contributed by atoms with van der Waals surface area (Å²) in [6.07, 6.45) is 9.74. The van der Waals surface area contributed by atoms with E-state index in [1.54, 1.807) is 21.6 Å². The van der Waals surface area contributed by atoms with Crippen LogP contribution in [0.3, 0.4) is 0 Å². The monoisotopic (exact) mass is 925 g/mol. The lowest BCUT2D eigenvalue weighted by molar-refractivity contribution is -0.168. The third-order valence-electron chi connectivity index (χ3n) is 15.3. The predicted octanol–water partition coefficient (Wildman–Crippen LogP) is 7.66. The van der Waals surface area contributed by atoms with Crippen LogP contribution in [0.1, 0.15) is 137 Å². The van der Waals surface area contributed by atoms with Crippen LogP contribution in [0, 0.1) is 17.3 Å². The van der Waals surface area contributed by atoms with Crippen LogP contribution in [0.4, 0.5) is 0 Å². The van der Waals surface area contributed by atoms with Gasteiger partial charge in [0.2, 0.25) is 5.91 Å². The Morgan fingerprint density at radius 1 is 1.05 bits per heavy atom. The Morgan fingerprint density at radius 2 is 1.85 bits per heavy atom. The predicted molar refractivity (Wildman–Crippen MR) is 263 cm³/mol. The zero-order chi connectivity index (χ0) is 46.6. The number of fused-ring (bicyclic) bond motifs is 9. The number of hydrogen-bond acceptors (Lipinski definition) is 11. The number of ketones is 1. The highest BCUT2D eigenvalue weighted by Gasteiger charge is 2.64. The molecule has 0 unspecified atom stereocenters. The van der Waals surface area contributed by atoms with Crippen molar-refractivity contribution in [3.05, 3.63) is 129 Å². The standard InChI is InChI=1S/C53H71N3O7S2/c1-31(2)9-6-10-32(3)11-7-14-36(28-57)42-20-22-53(49(42)61)45-18-16-39(58)24-34-12-8-13-35(23-34)38-25-40(59)27-55-48-47-43(50(54)56-51(48)62)17-15-37(29-64-65-30-38)44(47)26-46(60)33(4)41(45)19-21-52(53,5)63/h7-9,11-15,17,23,38-40,42,45,48-50,55,57-59,61,63H,3,6,10,16,18-22,24-30,54H2,1-2,4-5H3,(H,56,62)/b11-7+,36-14-,41-33+/t38-,39+,40-,42+,45+,48+,49+,50+,52+,53+/m0/s1. The summed E-state index contributed by atoms with van der Waals surface area (Å²) >= 11 is 0. The molecule has 2 aliphatic carbocycles. The van der Waals surface area contributed by atoms with Crippen LogP contribution in [0.5, 0.6) is 0 Å². The molecule has 7 rings (SSSR count). The highest BCUT2D eigenvalue weighted by molar-refractivity contribution is 8.76. The minimum atomic E-state index is -1.32. The number of rotatable bonds is 7. The van der Waals surface area contributed by atoms with Crippen LogP contribution in [0.2, 0.25) is 0 Å². The number of benzene rings is 2. The van der Waals surface area contributed by atoms with Gasteiger partial charge in [0.25, 0.3) is 0 Å². The molecule has 0 radical (unpaired) electrons. The second-order valence-corrected chi connectivity index (χ2v) is 22.3. The summed E-state index contributed by atoms with van der Waals surface area (Å²) < 4.78 is 0. The van der Waals surface area contributed by atoms with Crippen molar-refractivity contribution < 1.29 is 35.1 Å². The van der Waals surface area contributed by atoms with E-state index in [-0.39, 0.29) is 37.2 Å². The molecule has 2 saturated carbocycles. The van der Waals surface area contributed by atoms with Crippen LogP contribution >= 0.6 is 21.6 Å². The third-order valence-corrected chi connectivity index (χ3v) is 17.7. The third kappa shape index (κ3) is 10.7. The molecule has 2 aromatic carbocycles. The Bertz CT molecular complexity index is 2230. The largest absolute Gasteiger partial charge is 0.393 e. The van der Waals surface area contributed by atoms with Gasteiger partial charge in [-0.15, -0.1) is 0 Å². The van der Waals surface area contributed by atoms with Crippen molar-refractivity contribution in [3.8, 4) is 0 Å². The number of aliphatic hydroxyl groups excluding tert-OH is 4. The number of β-amino-alcohol motifs (C(OH)–C–C–N with tert-alkyl or cyclic N) is 1.